The first-order valence-corrected chi connectivity index (χ1v) is 12.3. The van der Waals surface area contributed by atoms with E-state index in [2.05, 4.69) is 28.5 Å². The molecule has 1 unspecified atom stereocenters. The van der Waals surface area contributed by atoms with Gasteiger partial charge in [0, 0.05) is 18.4 Å². The number of ether oxygens (including phenoxy) is 1. The van der Waals surface area contributed by atoms with E-state index < -0.39 is 0 Å². The molecule has 2 aliphatic rings. The summed E-state index contributed by atoms with van der Waals surface area (Å²) in [5, 5.41) is 13.5. The molecule has 176 valence electrons. The summed E-state index contributed by atoms with van der Waals surface area (Å²) in [6.07, 6.45) is 1.51. The van der Waals surface area contributed by atoms with Crippen LogP contribution in [-0.4, -0.2) is 53.4 Å². The molecule has 1 fully saturated rings. The van der Waals surface area contributed by atoms with Gasteiger partial charge in [-0.1, -0.05) is 18.2 Å². The molecule has 7 nitrogen and oxygen atoms in total. The highest BCUT2D eigenvalue weighted by Gasteiger charge is 2.32. The number of anilines is 1. The Morgan fingerprint density at radius 3 is 2.79 bits per heavy atom. The number of thioether (sulfide) groups is 1. The number of rotatable bonds is 6. The predicted octanol–water partition coefficient (Wildman–Crippen LogP) is 3.74. The number of carbonyl (C=O) groups excluding carboxylic acids is 1. The lowest BCUT2D eigenvalue weighted by Crippen LogP contribution is -2.57. The highest BCUT2D eigenvalue weighted by Crippen LogP contribution is 2.36. The summed E-state index contributed by atoms with van der Waals surface area (Å²) in [4.78, 5) is 18.6. The number of hydrogen-bond acceptors (Lipinski definition) is 6. The van der Waals surface area contributed by atoms with Crippen molar-refractivity contribution in [3.05, 3.63) is 58.7 Å². The molecule has 33 heavy (non-hydrogen) atoms. The molecule has 8 heteroatoms. The molecule has 1 saturated heterocycles. The number of urea groups is 1. The fourth-order valence-corrected chi connectivity index (χ4v) is 5.33. The van der Waals surface area contributed by atoms with E-state index in [0.717, 1.165) is 29.2 Å². The number of β-amino-alcohol motifs (C(OH)–C–C–N with tert-alkyl or cyclic N) is 1. The highest BCUT2D eigenvalue weighted by atomic mass is 32.2. The number of aliphatic hydroxyl groups excluding tert-OH is 1. The molecule has 2 amide bonds. The van der Waals surface area contributed by atoms with Crippen LogP contribution >= 0.6 is 11.8 Å². The fourth-order valence-electron chi connectivity index (χ4n) is 4.34. The van der Waals surface area contributed by atoms with Crippen LogP contribution in [0.2, 0.25) is 0 Å². The van der Waals surface area contributed by atoms with E-state index in [1.807, 2.05) is 32.0 Å². The number of nitrogens with two attached hydrogens (primary N) is 1. The zero-order valence-electron chi connectivity index (χ0n) is 19.4. The Hall–Kier alpha value is -2.71. The van der Waals surface area contributed by atoms with Crippen molar-refractivity contribution in [1.82, 2.24) is 10.2 Å². The summed E-state index contributed by atoms with van der Waals surface area (Å²) >= 11 is 1.69. The van der Waals surface area contributed by atoms with Gasteiger partial charge in [0.05, 0.1) is 42.1 Å². The molecule has 0 radical (unpaired) electrons. The van der Waals surface area contributed by atoms with Gasteiger partial charge in [-0.05, 0) is 61.6 Å². The van der Waals surface area contributed by atoms with Crippen molar-refractivity contribution in [2.75, 3.05) is 25.9 Å². The van der Waals surface area contributed by atoms with Crippen LogP contribution in [0.15, 0.2) is 41.4 Å². The van der Waals surface area contributed by atoms with Crippen molar-refractivity contribution < 1.29 is 14.6 Å². The normalized spacial score (nSPS) is 18.3. The Bertz CT molecular complexity index is 1050. The lowest BCUT2D eigenvalue weighted by Gasteiger charge is -2.36. The number of carbonyl (C=O) groups is 1. The van der Waals surface area contributed by atoms with Gasteiger partial charge in [-0.3, -0.25) is 4.99 Å². The Morgan fingerprint density at radius 2 is 2.12 bits per heavy atom. The molecule has 0 spiro atoms. The first-order valence-electron chi connectivity index (χ1n) is 11.4. The van der Waals surface area contributed by atoms with Crippen molar-refractivity contribution in [3.63, 3.8) is 0 Å². The Labute approximate surface area is 199 Å². The average Bonchev–Trinajstić information content (AvgIpc) is 3.17. The van der Waals surface area contributed by atoms with Crippen LogP contribution < -0.4 is 15.8 Å². The van der Waals surface area contributed by atoms with Crippen molar-refractivity contribution in [2.24, 2.45) is 4.99 Å². The molecular weight excluding hydrogens is 436 g/mol. The van der Waals surface area contributed by atoms with Crippen LogP contribution in [-0.2, 0) is 12.2 Å². The van der Waals surface area contributed by atoms with Gasteiger partial charge in [-0.25, -0.2) is 4.79 Å². The van der Waals surface area contributed by atoms with Gasteiger partial charge in [0.1, 0.15) is 5.75 Å². The van der Waals surface area contributed by atoms with E-state index in [-0.39, 0.29) is 24.3 Å². The SMILES string of the molecule is CN=C(SCc1cccc2c1CCC2NC(=O)N1CC(O)C1)c1ccc(OC(C)C)c(N)c1. The van der Waals surface area contributed by atoms with E-state index in [1.54, 1.807) is 23.7 Å². The molecule has 4 rings (SSSR count). The van der Waals surface area contributed by atoms with Crippen molar-refractivity contribution in [3.8, 4) is 5.75 Å². The number of hydrogen-bond donors (Lipinski definition) is 3. The minimum atomic E-state index is -0.390. The maximum Gasteiger partial charge on any atom is 0.318 e. The first kappa shape index (κ1) is 23.4. The molecule has 2 aromatic rings. The molecule has 1 aliphatic heterocycles. The molecule has 1 atom stereocenters. The Balaban J connectivity index is 1.42. The van der Waals surface area contributed by atoms with Crippen LogP contribution in [0, 0.1) is 0 Å². The summed E-state index contributed by atoms with van der Waals surface area (Å²) in [6, 6.07) is 12.1. The van der Waals surface area contributed by atoms with Crippen molar-refractivity contribution in [2.45, 2.75) is 50.7 Å². The van der Waals surface area contributed by atoms with E-state index >= 15 is 0 Å². The molecule has 4 N–H and O–H groups in total. The smallest absolute Gasteiger partial charge is 0.318 e. The lowest BCUT2D eigenvalue weighted by molar-refractivity contribution is 0.0257. The number of aliphatic imine (C=N–C) groups is 1. The third-order valence-corrected chi connectivity index (χ3v) is 7.15. The van der Waals surface area contributed by atoms with Gasteiger partial charge in [0.15, 0.2) is 0 Å². The monoisotopic (exact) mass is 468 g/mol. The van der Waals surface area contributed by atoms with E-state index in [9.17, 15) is 9.90 Å². The summed E-state index contributed by atoms with van der Waals surface area (Å²) in [7, 11) is 1.80. The second-order valence-corrected chi connectivity index (χ2v) is 9.79. The molecule has 0 bridgehead atoms. The number of likely N-dealkylation sites (tertiary alicyclic amines) is 1. The van der Waals surface area contributed by atoms with Crippen molar-refractivity contribution in [1.29, 1.82) is 0 Å². The van der Waals surface area contributed by atoms with Gasteiger partial charge in [0.2, 0.25) is 0 Å². The standard InChI is InChI=1S/C25H32N4O3S/c1-15(2)32-23-10-7-16(11-21(23)26)24(27-3)33-14-17-5-4-6-20-19(17)8-9-22(20)28-25(31)29-12-18(30)13-29/h4-7,10-11,15,18,22,30H,8-9,12-14,26H2,1-3H3,(H,28,31). The summed E-state index contributed by atoms with van der Waals surface area (Å²) in [6.45, 7) is 4.78. The van der Waals surface area contributed by atoms with E-state index in [0.29, 0.717) is 24.5 Å². The number of nitrogens with one attached hydrogen (secondary N) is 1. The van der Waals surface area contributed by atoms with Gasteiger partial charge in [-0.15, -0.1) is 11.8 Å². The number of nitrogens with zero attached hydrogens (tertiary/aromatic N) is 2. The second-order valence-electron chi connectivity index (χ2n) is 8.82. The largest absolute Gasteiger partial charge is 0.489 e. The predicted molar refractivity (Wildman–Crippen MR) is 134 cm³/mol. The maximum atomic E-state index is 12.4. The third-order valence-electron chi connectivity index (χ3n) is 6.00. The molecule has 2 aromatic carbocycles. The van der Waals surface area contributed by atoms with Crippen LogP contribution in [0.4, 0.5) is 10.5 Å². The van der Waals surface area contributed by atoms with Gasteiger partial charge in [-0.2, -0.15) is 0 Å². The van der Waals surface area contributed by atoms with Crippen LogP contribution in [0.25, 0.3) is 0 Å². The van der Waals surface area contributed by atoms with Gasteiger partial charge in [0.25, 0.3) is 0 Å². The minimum absolute atomic E-state index is 0.0165. The number of benzene rings is 2. The zero-order chi connectivity index (χ0) is 23.5. The molecule has 0 aromatic heterocycles. The third kappa shape index (κ3) is 5.28. The van der Waals surface area contributed by atoms with Crippen LogP contribution in [0.3, 0.4) is 0 Å². The summed E-state index contributed by atoms with van der Waals surface area (Å²) in [5.74, 6) is 1.48. The Kier molecular flexibility index (Phi) is 7.14. The summed E-state index contributed by atoms with van der Waals surface area (Å²) in [5.41, 5.74) is 11.6. The van der Waals surface area contributed by atoms with Crippen LogP contribution in [0.5, 0.6) is 5.75 Å². The number of amides is 2. The number of aliphatic hydroxyl groups is 1. The van der Waals surface area contributed by atoms with Crippen LogP contribution in [0.1, 0.15) is 48.6 Å². The fraction of sp³-hybridized carbons (Fsp3) is 0.440. The zero-order valence-corrected chi connectivity index (χ0v) is 20.2. The number of nitrogen functional groups attached to an aromatic ring is 1. The second kappa shape index (κ2) is 10.1. The van der Waals surface area contributed by atoms with E-state index in [4.69, 9.17) is 10.5 Å². The Morgan fingerprint density at radius 1 is 1.33 bits per heavy atom. The molecule has 1 aliphatic carbocycles. The van der Waals surface area contributed by atoms with Crippen molar-refractivity contribution >= 4 is 28.5 Å². The number of fused-ring (bicyclic) bond motifs is 1. The summed E-state index contributed by atoms with van der Waals surface area (Å²) < 4.78 is 5.74. The molecule has 0 saturated carbocycles. The first-order chi connectivity index (χ1) is 15.9. The van der Waals surface area contributed by atoms with Gasteiger partial charge < -0.3 is 25.8 Å². The minimum Gasteiger partial charge on any atom is -0.489 e. The van der Waals surface area contributed by atoms with Gasteiger partial charge >= 0.3 is 6.03 Å². The average molecular weight is 469 g/mol. The molecular formula is C25H32N4O3S. The topological polar surface area (TPSA) is 100 Å². The van der Waals surface area contributed by atoms with E-state index in [1.165, 1.54) is 16.7 Å². The maximum absolute atomic E-state index is 12.4. The molecule has 1 heterocycles. The lowest BCUT2D eigenvalue weighted by atomic mass is 10.0. The quantitative estimate of drug-likeness (QED) is 0.341. The highest BCUT2D eigenvalue weighted by molar-refractivity contribution is 8.13.